The standard InChI is InChI=1S/C48H78N18O12/c49-17-3-1-8-29(55)40(70)64-39(36(68)25-54)45(75)65-38(35(67)24-53)44(74)59-26-37(69)60-31(10-5-19-51)46(76)66-21-7-12-34(66)43(73)63-33(22-27-13-15-28(23-52)16-14-27)42(72)61-30(9-2-4-18-50)41(71)62-32(47(77)78)11-6-20-58-48(56)57/h11,13-16,29-30,33-36,38-39,67-68H,1-10,12,17-22,24-26,49-51,53-55H2,(H,59,74)(H,61,72)(H,62,71)(H,63,73)(H,64,70)(H,65,75)(H,77,78)(H4,56,57,58)/b32-11-,60-31+/t29-,30-,33-,34-,35-,36-,38-,39-/m0/s1. The van der Waals surface area contributed by atoms with E-state index in [2.05, 4.69) is 42.2 Å². The van der Waals surface area contributed by atoms with Crippen LogP contribution in [0.4, 0.5) is 0 Å². The van der Waals surface area contributed by atoms with Crippen molar-refractivity contribution < 1.29 is 58.5 Å². The van der Waals surface area contributed by atoms with E-state index in [1.54, 1.807) is 12.1 Å². The highest BCUT2D eigenvalue weighted by molar-refractivity contribution is 6.40. The third-order valence-electron chi connectivity index (χ3n) is 12.1. The average molecular weight is 1100 g/mol. The normalized spacial score (nSPS) is 16.1. The number of nitrogens with one attached hydrogen (secondary N) is 8. The number of guanidine groups is 1. The van der Waals surface area contributed by atoms with E-state index in [0.29, 0.717) is 49.8 Å². The first-order valence-electron chi connectivity index (χ1n) is 25.5. The minimum Gasteiger partial charge on any atom is -0.477 e. The summed E-state index contributed by atoms with van der Waals surface area (Å²) in [4.78, 5) is 127. The summed E-state index contributed by atoms with van der Waals surface area (Å²) in [6.45, 7) is -1.26. The van der Waals surface area contributed by atoms with E-state index in [0.717, 1.165) is 4.90 Å². The van der Waals surface area contributed by atoms with Crippen LogP contribution in [0, 0.1) is 16.7 Å². The molecule has 1 fully saturated rings. The Hall–Kier alpha value is -7.50. The van der Waals surface area contributed by atoms with Crippen LogP contribution < -0.4 is 77.4 Å². The summed E-state index contributed by atoms with van der Waals surface area (Å²) in [5.41, 5.74) is 39.3. The summed E-state index contributed by atoms with van der Waals surface area (Å²) < 4.78 is 0. The van der Waals surface area contributed by atoms with Gasteiger partial charge in [-0.15, -0.1) is 0 Å². The Morgan fingerprint density at radius 3 is 1.95 bits per heavy atom. The fourth-order valence-electron chi connectivity index (χ4n) is 7.78. The number of rotatable bonds is 35. The summed E-state index contributed by atoms with van der Waals surface area (Å²) in [7, 11) is 0. The number of aliphatic imine (C=N–C) groups is 1. The van der Waals surface area contributed by atoms with Crippen LogP contribution in [0.1, 0.15) is 81.8 Å². The van der Waals surface area contributed by atoms with Gasteiger partial charge >= 0.3 is 5.97 Å². The number of unbranched alkanes of at least 4 members (excludes halogenated alkanes) is 2. The van der Waals surface area contributed by atoms with Gasteiger partial charge in [-0.3, -0.25) is 43.8 Å². The number of aliphatic carboxylic acids is 1. The Morgan fingerprint density at radius 2 is 1.37 bits per heavy atom. The van der Waals surface area contributed by atoms with Gasteiger partial charge in [-0.05, 0) is 102 Å². The fourth-order valence-corrected chi connectivity index (χ4v) is 7.78. The summed E-state index contributed by atoms with van der Waals surface area (Å²) >= 11 is 0. The number of amides is 8. The molecule has 30 nitrogen and oxygen atoms in total. The topological polar surface area (TPSA) is 544 Å². The van der Waals surface area contributed by atoms with Crippen molar-refractivity contribution >= 4 is 64.9 Å². The van der Waals surface area contributed by atoms with E-state index >= 15 is 0 Å². The van der Waals surface area contributed by atoms with Crippen molar-refractivity contribution in [2.75, 3.05) is 52.4 Å². The highest BCUT2D eigenvalue weighted by Gasteiger charge is 2.39. The maximum absolute atomic E-state index is 14.3. The molecule has 0 aliphatic carbocycles. The number of nitrogens with zero attached hydrogens (tertiary/aromatic N) is 3. The molecule has 1 aliphatic rings. The first kappa shape index (κ1) is 66.6. The third-order valence-corrected chi connectivity index (χ3v) is 12.1. The van der Waals surface area contributed by atoms with Crippen molar-refractivity contribution in [2.24, 2.45) is 45.1 Å². The molecule has 8 atom stereocenters. The van der Waals surface area contributed by atoms with Gasteiger partial charge in [0.15, 0.2) is 5.96 Å². The molecule has 78 heavy (non-hydrogen) atoms. The lowest BCUT2D eigenvalue weighted by Gasteiger charge is -2.28. The van der Waals surface area contributed by atoms with Crippen molar-refractivity contribution in [2.45, 2.75) is 126 Å². The van der Waals surface area contributed by atoms with Gasteiger partial charge in [0, 0.05) is 32.6 Å². The Labute approximate surface area is 451 Å². The van der Waals surface area contributed by atoms with Gasteiger partial charge in [-0.25, -0.2) is 9.79 Å². The number of aliphatic hydroxyl groups excluding tert-OH is 2. The van der Waals surface area contributed by atoms with Gasteiger partial charge in [0.05, 0.1) is 36.4 Å². The van der Waals surface area contributed by atoms with Crippen molar-refractivity contribution in [3.05, 3.63) is 47.2 Å². The molecule has 432 valence electrons. The first-order valence-corrected chi connectivity index (χ1v) is 25.5. The van der Waals surface area contributed by atoms with E-state index in [1.165, 1.54) is 18.2 Å². The van der Waals surface area contributed by atoms with Crippen LogP contribution >= 0.6 is 0 Å². The molecule has 1 aromatic rings. The van der Waals surface area contributed by atoms with E-state index < -0.39 is 127 Å². The second-order valence-electron chi connectivity index (χ2n) is 18.1. The molecule has 8 amide bonds. The molecule has 2 rings (SSSR count). The molecule has 1 aliphatic heterocycles. The van der Waals surface area contributed by atoms with Gasteiger partial charge in [-0.2, -0.15) is 5.26 Å². The molecule has 0 saturated carbocycles. The van der Waals surface area contributed by atoms with Crippen molar-refractivity contribution in [1.29, 1.82) is 10.7 Å². The van der Waals surface area contributed by atoms with E-state index in [9.17, 15) is 63.7 Å². The highest BCUT2D eigenvalue weighted by Crippen LogP contribution is 2.20. The number of carboxylic acids is 1. The predicted octanol–water partition coefficient (Wildman–Crippen LogP) is -6.96. The van der Waals surface area contributed by atoms with Crippen molar-refractivity contribution in [1.82, 2.24) is 42.1 Å². The maximum Gasteiger partial charge on any atom is 0.352 e. The Kier molecular flexibility index (Phi) is 30.5. The van der Waals surface area contributed by atoms with E-state index in [-0.39, 0.29) is 82.8 Å². The highest BCUT2D eigenvalue weighted by atomic mass is 16.4. The van der Waals surface area contributed by atoms with Gasteiger partial charge in [0.25, 0.3) is 11.8 Å². The number of carbonyl (C=O) groups excluding carboxylic acids is 8. The number of carbonyl (C=O) groups is 9. The molecule has 0 unspecified atom stereocenters. The number of nitriles is 1. The van der Waals surface area contributed by atoms with Crippen LogP contribution in [0.25, 0.3) is 0 Å². The van der Waals surface area contributed by atoms with Crippen molar-refractivity contribution in [3.63, 3.8) is 0 Å². The minimum atomic E-state index is -1.86. The second-order valence-corrected chi connectivity index (χ2v) is 18.1. The lowest BCUT2D eigenvalue weighted by molar-refractivity contribution is -0.137. The van der Waals surface area contributed by atoms with Gasteiger partial charge in [0.1, 0.15) is 41.6 Å². The van der Waals surface area contributed by atoms with E-state index in [4.69, 9.17) is 45.5 Å². The monoisotopic (exact) mass is 1100 g/mol. The van der Waals surface area contributed by atoms with Crippen LogP contribution in [0.3, 0.4) is 0 Å². The second kappa shape index (κ2) is 35.8. The third kappa shape index (κ3) is 23.0. The Bertz CT molecular complexity index is 2310. The smallest absolute Gasteiger partial charge is 0.352 e. The molecule has 0 aromatic heterocycles. The first-order chi connectivity index (χ1) is 37.2. The van der Waals surface area contributed by atoms with Crippen LogP contribution in [0.15, 0.2) is 41.0 Å². The number of carboxylic acid groups (broad SMARTS) is 1. The molecular formula is C48H78N18O12. The molecule has 25 N–H and O–H groups in total. The Balaban J connectivity index is 2.39. The zero-order valence-electron chi connectivity index (χ0n) is 43.5. The van der Waals surface area contributed by atoms with Gasteiger partial charge < -0.3 is 97.6 Å². The quantitative estimate of drug-likeness (QED) is 0.0130. The molecule has 0 spiro atoms. The van der Waals surface area contributed by atoms with Crippen molar-refractivity contribution in [3.8, 4) is 6.07 Å². The summed E-state index contributed by atoms with van der Waals surface area (Å²) in [5, 5.41) is 64.5. The zero-order chi connectivity index (χ0) is 58.3. The molecule has 1 saturated heterocycles. The number of aliphatic hydroxyl groups is 2. The number of hydrogen-bond acceptors (Lipinski definition) is 19. The van der Waals surface area contributed by atoms with Gasteiger partial charge in [-0.1, -0.05) is 24.6 Å². The average Bonchev–Trinajstić information content (AvgIpc) is 3.92. The molecule has 30 heteroatoms. The van der Waals surface area contributed by atoms with Crippen LogP contribution in [-0.2, 0) is 49.6 Å². The van der Waals surface area contributed by atoms with Crippen LogP contribution in [0.2, 0.25) is 0 Å². The number of benzene rings is 1. The molecule has 0 bridgehead atoms. The lowest BCUT2D eigenvalue weighted by Crippen LogP contribution is -2.63. The Morgan fingerprint density at radius 1 is 0.769 bits per heavy atom. The molecule has 1 heterocycles. The number of nitrogens with two attached hydrogens (primary N) is 7. The largest absolute Gasteiger partial charge is 0.477 e. The summed E-state index contributed by atoms with van der Waals surface area (Å²) in [5.74, 6) is -9.45. The van der Waals surface area contributed by atoms with Crippen LogP contribution in [-0.4, -0.2) is 186 Å². The lowest BCUT2D eigenvalue weighted by atomic mass is 10.0. The zero-order valence-corrected chi connectivity index (χ0v) is 43.5. The SMILES string of the molecule is N#Cc1ccc(C[C@H](NC(=O)[C@@H]2CCCN2C(=O)/C(CCCN)=N/C(=O)CNC(=O)[C@@H](NC(=O)[C@@H](NC(=O)[C@@H](N)CCCCN)[C@@H](O)CN)[C@@H](O)CN)C(=O)N[C@@H](CCCCN)C(=O)N/C(=C\CCNC(=N)N)C(=O)O)cc1. The predicted molar refractivity (Wildman–Crippen MR) is 283 cm³/mol. The van der Waals surface area contributed by atoms with Crippen LogP contribution in [0.5, 0.6) is 0 Å². The summed E-state index contributed by atoms with van der Waals surface area (Å²) in [6.07, 6.45) is 0.0286. The summed E-state index contributed by atoms with van der Waals surface area (Å²) in [6, 6.07) is -0.592. The number of hydrogen-bond donors (Lipinski definition) is 18. The maximum atomic E-state index is 14.3. The molecule has 1 aromatic carbocycles. The van der Waals surface area contributed by atoms with E-state index in [1.807, 2.05) is 6.07 Å². The fraction of sp³-hybridized carbons (Fsp3) is 0.583. The molecule has 0 radical (unpaired) electrons. The minimum absolute atomic E-state index is 0.00247. The number of likely N-dealkylation sites (tertiary alicyclic amines) is 1. The van der Waals surface area contributed by atoms with Gasteiger partial charge in [0.2, 0.25) is 35.4 Å². The molecular weight excluding hydrogens is 1020 g/mol.